The second kappa shape index (κ2) is 45.2. The first-order valence-electron chi connectivity index (χ1n) is 28.5. The molecule has 69 heavy (non-hydrogen) atoms. The number of aliphatic hydroxyl groups excluding tert-OH is 5. The van der Waals surface area contributed by atoms with Crippen LogP contribution in [0.25, 0.3) is 0 Å². The summed E-state index contributed by atoms with van der Waals surface area (Å²) < 4.78 is 33.7. The molecule has 1 saturated carbocycles. The van der Waals surface area contributed by atoms with Crippen LogP contribution in [0.1, 0.15) is 271 Å². The Labute approximate surface area is 420 Å². The predicted molar refractivity (Wildman–Crippen MR) is 277 cm³/mol. The van der Waals surface area contributed by atoms with Crippen molar-refractivity contribution in [3.63, 3.8) is 0 Å². The summed E-state index contributed by atoms with van der Waals surface area (Å²) in [5.41, 5.74) is 0. The van der Waals surface area contributed by atoms with Crippen molar-refractivity contribution in [2.45, 2.75) is 313 Å². The Bertz CT molecular complexity index is 1250. The van der Waals surface area contributed by atoms with Crippen LogP contribution in [0.2, 0.25) is 0 Å². The molecule has 0 amide bonds. The molecule has 1 aliphatic carbocycles. The summed E-state index contributed by atoms with van der Waals surface area (Å²) in [6, 6.07) is 0. The lowest BCUT2D eigenvalue weighted by molar-refractivity contribution is -0.220. The predicted octanol–water partition coefficient (Wildman–Crippen LogP) is 13.0. The van der Waals surface area contributed by atoms with Crippen LogP contribution < -0.4 is 0 Å². The van der Waals surface area contributed by atoms with Gasteiger partial charge in [-0.3, -0.25) is 18.6 Å². The molecule has 1 aliphatic rings. The topological polar surface area (TPSA) is 210 Å². The molecule has 0 heterocycles. The number of unbranched alkanes of at least 4 members (excludes halogenated alkanes) is 35. The van der Waals surface area contributed by atoms with Crippen LogP contribution in [0.3, 0.4) is 0 Å². The third-order valence-electron chi connectivity index (χ3n) is 13.6. The number of aliphatic hydroxyl groups is 5. The summed E-state index contributed by atoms with van der Waals surface area (Å²) in [7, 11) is -5.12. The first-order chi connectivity index (χ1) is 33.4. The van der Waals surface area contributed by atoms with Gasteiger partial charge in [0.05, 0.1) is 6.61 Å². The molecule has 0 aliphatic heterocycles. The van der Waals surface area contributed by atoms with Crippen LogP contribution in [-0.2, 0) is 32.7 Å². The Balaban J connectivity index is 2.33. The third kappa shape index (κ3) is 37.1. The average Bonchev–Trinajstić information content (AvgIpc) is 3.33. The van der Waals surface area contributed by atoms with Crippen molar-refractivity contribution in [2.75, 3.05) is 13.2 Å². The van der Waals surface area contributed by atoms with Crippen LogP contribution in [-0.4, -0.2) is 98.3 Å². The zero-order valence-corrected chi connectivity index (χ0v) is 44.8. The largest absolute Gasteiger partial charge is 0.472 e. The van der Waals surface area contributed by atoms with Gasteiger partial charge in [-0.05, 0) is 38.5 Å². The Morgan fingerprint density at radius 3 is 1.10 bits per heavy atom. The van der Waals surface area contributed by atoms with E-state index in [1.807, 2.05) is 0 Å². The number of carbonyl (C=O) groups excluding carboxylic acids is 2. The first kappa shape index (κ1) is 65.6. The van der Waals surface area contributed by atoms with Crippen molar-refractivity contribution in [3.8, 4) is 0 Å². The number of phosphoric ester groups is 1. The first-order valence-corrected chi connectivity index (χ1v) is 30.0. The normalized spacial score (nSPS) is 20.9. The molecule has 0 saturated heterocycles. The van der Waals surface area contributed by atoms with Crippen LogP contribution in [0, 0.1) is 0 Å². The molecule has 8 atom stereocenters. The average molecular weight is 1010 g/mol. The van der Waals surface area contributed by atoms with Gasteiger partial charge in [-0.25, -0.2) is 4.57 Å². The number of phosphoric acid groups is 1. The van der Waals surface area contributed by atoms with Gasteiger partial charge in [0, 0.05) is 12.8 Å². The summed E-state index contributed by atoms with van der Waals surface area (Å²) in [5, 5.41) is 50.4. The summed E-state index contributed by atoms with van der Waals surface area (Å²) >= 11 is 0. The van der Waals surface area contributed by atoms with Gasteiger partial charge < -0.3 is 39.9 Å². The fraction of sp³-hybridized carbons (Fsp3) is 0.927. The highest BCUT2D eigenvalue weighted by molar-refractivity contribution is 7.47. The number of esters is 2. The van der Waals surface area contributed by atoms with Crippen molar-refractivity contribution >= 4 is 19.8 Å². The zero-order valence-electron chi connectivity index (χ0n) is 43.9. The van der Waals surface area contributed by atoms with Gasteiger partial charge in [-0.2, -0.15) is 0 Å². The molecule has 6 N–H and O–H groups in total. The maximum absolute atomic E-state index is 12.9. The smallest absolute Gasteiger partial charge is 0.462 e. The summed E-state index contributed by atoms with van der Waals surface area (Å²) in [5.74, 6) is -1.08. The van der Waals surface area contributed by atoms with Gasteiger partial charge in [0.2, 0.25) is 0 Å². The van der Waals surface area contributed by atoms with E-state index in [9.17, 15) is 44.6 Å². The molecule has 0 aromatic rings. The highest BCUT2D eigenvalue weighted by Crippen LogP contribution is 2.47. The van der Waals surface area contributed by atoms with Gasteiger partial charge in [-0.1, -0.05) is 231 Å². The monoisotopic (exact) mass is 1000 g/mol. The van der Waals surface area contributed by atoms with Crippen LogP contribution >= 0.6 is 7.82 Å². The van der Waals surface area contributed by atoms with Gasteiger partial charge in [-0.15, -0.1) is 0 Å². The standard InChI is InChI=1S/C55H105O13P/c1-3-5-7-9-11-13-15-17-19-21-23-24-26-28-30-32-34-36-38-40-42-44-49(57)67-47(46-66-69(63,64)68-55-53(61)51(59)50(58)52(60)54(55)62)45-65-48(56)43-41-39-37-35-33-31-29-27-25-22-20-18-16-14-12-10-8-6-4-2/h18,20,47,50-55,58-62H,3-17,19,21-46H2,1-2H3,(H,63,64)/b20-18+/t47-,50?,51-,52?,53?,54?,55?/m1/s1. The molecule has 408 valence electrons. The Morgan fingerprint density at radius 1 is 0.435 bits per heavy atom. The maximum Gasteiger partial charge on any atom is 0.472 e. The molecular weight excluding hydrogens is 900 g/mol. The summed E-state index contributed by atoms with van der Waals surface area (Å²) in [6.45, 7) is 3.36. The van der Waals surface area contributed by atoms with E-state index < -0.39 is 75.7 Å². The fourth-order valence-electron chi connectivity index (χ4n) is 9.05. The van der Waals surface area contributed by atoms with Crippen molar-refractivity contribution in [3.05, 3.63) is 12.2 Å². The molecule has 0 spiro atoms. The lowest BCUT2D eigenvalue weighted by Gasteiger charge is -2.41. The molecule has 6 unspecified atom stereocenters. The van der Waals surface area contributed by atoms with Crippen LogP contribution in [0.15, 0.2) is 12.2 Å². The summed E-state index contributed by atoms with van der Waals surface area (Å²) in [6.07, 6.45) is 38.3. The van der Waals surface area contributed by atoms with Crippen molar-refractivity contribution in [2.24, 2.45) is 0 Å². The van der Waals surface area contributed by atoms with E-state index in [4.69, 9.17) is 18.5 Å². The SMILES string of the molecule is CCCCCCCC/C=C/CCCCCCCCCCCC(=O)OC[C@H](COP(=O)(O)OC1C(O)C(O)C(O)[C@@H](O)C1O)OC(=O)CCCCCCCCCCCCCCCCCCCCCCC. The fourth-order valence-corrected chi connectivity index (χ4v) is 10.0. The van der Waals surface area contributed by atoms with Gasteiger partial charge in [0.15, 0.2) is 6.10 Å². The van der Waals surface area contributed by atoms with Gasteiger partial charge >= 0.3 is 19.8 Å². The molecule has 14 heteroatoms. The zero-order chi connectivity index (χ0) is 50.6. The van der Waals surface area contributed by atoms with E-state index in [1.165, 1.54) is 193 Å². The molecular formula is C55H105O13P. The maximum atomic E-state index is 12.9. The van der Waals surface area contributed by atoms with E-state index in [1.54, 1.807) is 0 Å². The minimum absolute atomic E-state index is 0.103. The molecule has 1 fully saturated rings. The van der Waals surface area contributed by atoms with Crippen molar-refractivity contribution < 1.29 is 63.1 Å². The minimum Gasteiger partial charge on any atom is -0.462 e. The molecule has 0 aromatic carbocycles. The highest BCUT2D eigenvalue weighted by Gasteiger charge is 2.51. The van der Waals surface area contributed by atoms with Gasteiger partial charge in [0.1, 0.15) is 43.2 Å². The summed E-state index contributed by atoms with van der Waals surface area (Å²) in [4.78, 5) is 35.9. The number of hydrogen-bond acceptors (Lipinski definition) is 12. The number of carbonyl (C=O) groups is 2. The van der Waals surface area contributed by atoms with Crippen molar-refractivity contribution in [1.29, 1.82) is 0 Å². The lowest BCUT2D eigenvalue weighted by Crippen LogP contribution is -2.64. The van der Waals surface area contributed by atoms with E-state index in [0.717, 1.165) is 38.5 Å². The molecule has 13 nitrogen and oxygen atoms in total. The molecule has 1 rings (SSSR count). The second-order valence-electron chi connectivity index (χ2n) is 20.2. The van der Waals surface area contributed by atoms with Crippen molar-refractivity contribution in [1.82, 2.24) is 0 Å². The van der Waals surface area contributed by atoms with E-state index in [0.29, 0.717) is 12.8 Å². The quantitative estimate of drug-likeness (QED) is 0.0145. The van der Waals surface area contributed by atoms with E-state index >= 15 is 0 Å². The van der Waals surface area contributed by atoms with Gasteiger partial charge in [0.25, 0.3) is 0 Å². The van der Waals surface area contributed by atoms with Crippen LogP contribution in [0.5, 0.6) is 0 Å². The highest BCUT2D eigenvalue weighted by atomic mass is 31.2. The minimum atomic E-state index is -5.12. The number of rotatable bonds is 49. The Kier molecular flexibility index (Phi) is 43.0. The number of ether oxygens (including phenoxy) is 2. The van der Waals surface area contributed by atoms with Crippen LogP contribution in [0.4, 0.5) is 0 Å². The second-order valence-corrected chi connectivity index (χ2v) is 21.6. The molecule has 0 bridgehead atoms. The number of allylic oxidation sites excluding steroid dienone is 2. The van der Waals surface area contributed by atoms with E-state index in [-0.39, 0.29) is 12.8 Å². The lowest BCUT2D eigenvalue weighted by atomic mass is 9.85. The Hall–Kier alpha value is -1.41. The van der Waals surface area contributed by atoms with E-state index in [2.05, 4.69) is 26.0 Å². The third-order valence-corrected chi connectivity index (χ3v) is 14.6. The molecule has 0 radical (unpaired) electrons. The molecule has 0 aromatic heterocycles. The Morgan fingerprint density at radius 2 is 0.739 bits per heavy atom. The number of hydrogen-bond donors (Lipinski definition) is 6.